The Labute approximate surface area is 150 Å². The van der Waals surface area contributed by atoms with Crippen molar-refractivity contribution in [3.05, 3.63) is 46.7 Å². The first kappa shape index (κ1) is 18.7. The molecule has 8 heteroatoms. The number of hydrogen-bond donors (Lipinski definition) is 2. The van der Waals surface area contributed by atoms with Crippen molar-refractivity contribution in [2.75, 3.05) is 19.0 Å². The monoisotopic (exact) mass is 362 g/mol. The number of hydrogen-bond acceptors (Lipinski definition) is 6. The lowest BCUT2D eigenvalue weighted by Gasteiger charge is -2.10. The van der Waals surface area contributed by atoms with Gasteiger partial charge >= 0.3 is 5.97 Å². The van der Waals surface area contributed by atoms with Crippen molar-refractivity contribution in [2.45, 2.75) is 13.8 Å². The number of nitrogens with zero attached hydrogens (tertiary/aromatic N) is 2. The van der Waals surface area contributed by atoms with E-state index in [4.69, 9.17) is 11.6 Å². The van der Waals surface area contributed by atoms with Gasteiger partial charge in [-0.2, -0.15) is 0 Å². The largest absolute Gasteiger partial charge is 0.465 e. The number of amides is 1. The molecule has 0 unspecified atom stereocenters. The molecule has 0 aliphatic carbocycles. The van der Waals surface area contributed by atoms with Gasteiger partial charge in [-0.1, -0.05) is 25.4 Å². The summed E-state index contributed by atoms with van der Waals surface area (Å²) in [7, 11) is 1.30. The number of benzene rings is 1. The first-order valence-corrected chi connectivity index (χ1v) is 8.04. The van der Waals surface area contributed by atoms with Gasteiger partial charge in [0.25, 0.3) is 5.91 Å². The number of nitrogens with one attached hydrogen (secondary N) is 2. The second-order valence-electron chi connectivity index (χ2n) is 5.68. The van der Waals surface area contributed by atoms with E-state index in [0.717, 1.165) is 0 Å². The number of rotatable bonds is 6. The van der Waals surface area contributed by atoms with E-state index < -0.39 is 5.97 Å². The molecular formula is C17H19ClN4O3. The van der Waals surface area contributed by atoms with Gasteiger partial charge in [0.05, 0.1) is 23.4 Å². The van der Waals surface area contributed by atoms with E-state index in [1.807, 2.05) is 13.8 Å². The summed E-state index contributed by atoms with van der Waals surface area (Å²) in [5, 5.41) is 6.08. The van der Waals surface area contributed by atoms with E-state index >= 15 is 0 Å². The maximum Gasteiger partial charge on any atom is 0.337 e. The van der Waals surface area contributed by atoms with Crippen LogP contribution in [-0.4, -0.2) is 35.5 Å². The van der Waals surface area contributed by atoms with Crippen LogP contribution in [0, 0.1) is 5.92 Å². The minimum Gasteiger partial charge on any atom is -0.465 e. The maximum absolute atomic E-state index is 12.1. The number of anilines is 2. The minimum atomic E-state index is -0.484. The van der Waals surface area contributed by atoms with Crippen molar-refractivity contribution in [3.63, 3.8) is 0 Å². The van der Waals surface area contributed by atoms with Crippen molar-refractivity contribution in [3.8, 4) is 0 Å². The van der Waals surface area contributed by atoms with Crippen molar-refractivity contribution < 1.29 is 14.3 Å². The van der Waals surface area contributed by atoms with Gasteiger partial charge in [0.15, 0.2) is 0 Å². The van der Waals surface area contributed by atoms with Crippen LogP contribution in [0.25, 0.3) is 0 Å². The van der Waals surface area contributed by atoms with E-state index in [9.17, 15) is 9.59 Å². The fraction of sp³-hybridized carbons (Fsp3) is 0.294. The van der Waals surface area contributed by atoms with E-state index in [-0.39, 0.29) is 17.5 Å². The molecule has 0 fully saturated rings. The van der Waals surface area contributed by atoms with Gasteiger partial charge < -0.3 is 15.4 Å². The van der Waals surface area contributed by atoms with Gasteiger partial charge in [-0.25, -0.2) is 14.8 Å². The van der Waals surface area contributed by atoms with Crippen LogP contribution in [0.1, 0.15) is 34.7 Å². The highest BCUT2D eigenvalue weighted by atomic mass is 35.5. The van der Waals surface area contributed by atoms with Crippen molar-refractivity contribution >= 4 is 35.1 Å². The molecule has 0 spiro atoms. The maximum atomic E-state index is 12.1. The summed E-state index contributed by atoms with van der Waals surface area (Å²) in [6.45, 7) is 4.56. The number of halogens is 1. The molecular weight excluding hydrogens is 344 g/mol. The molecule has 0 aliphatic heterocycles. The molecule has 0 bridgehead atoms. The third-order valence-electron chi connectivity index (χ3n) is 3.19. The predicted molar refractivity (Wildman–Crippen MR) is 95.3 cm³/mol. The molecule has 0 aliphatic rings. The summed E-state index contributed by atoms with van der Waals surface area (Å²) in [5.74, 6) is -0.236. The van der Waals surface area contributed by atoms with E-state index in [2.05, 4.69) is 25.3 Å². The first-order chi connectivity index (χ1) is 11.9. The molecule has 25 heavy (non-hydrogen) atoms. The molecule has 1 aromatic heterocycles. The average molecular weight is 363 g/mol. The smallest absolute Gasteiger partial charge is 0.337 e. The Hall–Kier alpha value is -2.67. The van der Waals surface area contributed by atoms with Crippen molar-refractivity contribution in [1.82, 2.24) is 15.3 Å². The van der Waals surface area contributed by atoms with Crippen molar-refractivity contribution in [2.24, 2.45) is 5.92 Å². The molecule has 1 amide bonds. The molecule has 0 radical (unpaired) electrons. The summed E-state index contributed by atoms with van der Waals surface area (Å²) in [6.07, 6.45) is 1.47. The second-order valence-corrected chi connectivity index (χ2v) is 6.09. The van der Waals surface area contributed by atoms with Crippen LogP contribution in [0.5, 0.6) is 0 Å². The topological polar surface area (TPSA) is 93.2 Å². The Morgan fingerprint density at radius 3 is 2.72 bits per heavy atom. The number of ether oxygens (including phenoxy) is 1. The Morgan fingerprint density at radius 2 is 2.04 bits per heavy atom. The molecule has 0 saturated heterocycles. The zero-order valence-corrected chi connectivity index (χ0v) is 14.9. The summed E-state index contributed by atoms with van der Waals surface area (Å²) in [4.78, 5) is 32.0. The first-order valence-electron chi connectivity index (χ1n) is 7.67. The van der Waals surface area contributed by atoms with Gasteiger partial charge in [-0.05, 0) is 30.2 Å². The molecule has 2 N–H and O–H groups in total. The van der Waals surface area contributed by atoms with Gasteiger partial charge in [0, 0.05) is 12.7 Å². The molecule has 1 heterocycles. The second kappa shape index (κ2) is 8.43. The van der Waals surface area contributed by atoms with Gasteiger partial charge in [0.1, 0.15) is 5.69 Å². The normalized spacial score (nSPS) is 10.4. The molecule has 2 rings (SSSR count). The summed E-state index contributed by atoms with van der Waals surface area (Å²) < 4.78 is 4.68. The number of carbonyl (C=O) groups is 2. The lowest BCUT2D eigenvalue weighted by Crippen LogP contribution is -2.28. The van der Waals surface area contributed by atoms with Gasteiger partial charge in [-0.3, -0.25) is 4.79 Å². The van der Waals surface area contributed by atoms with E-state index in [0.29, 0.717) is 28.7 Å². The van der Waals surface area contributed by atoms with Crippen LogP contribution in [0.4, 0.5) is 11.6 Å². The third-order valence-corrected chi connectivity index (χ3v) is 3.52. The van der Waals surface area contributed by atoms with Crippen molar-refractivity contribution in [1.29, 1.82) is 0 Å². The summed E-state index contributed by atoms with van der Waals surface area (Å²) in [6, 6.07) is 6.17. The van der Waals surface area contributed by atoms with E-state index in [1.165, 1.54) is 25.4 Å². The van der Waals surface area contributed by atoms with Gasteiger partial charge in [-0.15, -0.1) is 0 Å². The Kier molecular flexibility index (Phi) is 6.30. The van der Waals surface area contributed by atoms with E-state index in [1.54, 1.807) is 12.1 Å². The van der Waals surface area contributed by atoms with Crippen LogP contribution in [0.3, 0.4) is 0 Å². The number of aromatic nitrogens is 2. The minimum absolute atomic E-state index is 0.195. The average Bonchev–Trinajstić information content (AvgIpc) is 2.61. The van der Waals surface area contributed by atoms with Crippen LogP contribution in [0.15, 0.2) is 30.5 Å². The Morgan fingerprint density at radius 1 is 1.28 bits per heavy atom. The summed E-state index contributed by atoms with van der Waals surface area (Å²) in [5.41, 5.74) is 1.00. The van der Waals surface area contributed by atoms with Crippen LogP contribution >= 0.6 is 11.6 Å². The molecule has 0 saturated carbocycles. The standard InChI is InChI=1S/C17H19ClN4O3/c1-10(2)9-20-15(23)13-6-7-19-17(21-13)22-14-8-11(16(24)25-3)4-5-12(14)18/h4-8,10H,9H2,1-3H3,(H,20,23)(H,19,21,22). The van der Waals surface area contributed by atoms with Crippen LogP contribution < -0.4 is 10.6 Å². The molecule has 132 valence electrons. The molecule has 2 aromatic rings. The zero-order valence-electron chi connectivity index (χ0n) is 14.2. The third kappa shape index (κ3) is 5.15. The molecule has 1 aromatic carbocycles. The highest BCUT2D eigenvalue weighted by Gasteiger charge is 2.12. The summed E-state index contributed by atoms with van der Waals surface area (Å²) >= 11 is 6.13. The number of esters is 1. The number of carbonyl (C=O) groups excluding carboxylic acids is 2. The van der Waals surface area contributed by atoms with Gasteiger partial charge in [0.2, 0.25) is 5.95 Å². The lowest BCUT2D eigenvalue weighted by atomic mass is 10.2. The predicted octanol–water partition coefficient (Wildman–Crippen LogP) is 3.05. The zero-order chi connectivity index (χ0) is 18.4. The quantitative estimate of drug-likeness (QED) is 0.767. The fourth-order valence-electron chi connectivity index (χ4n) is 1.92. The highest BCUT2D eigenvalue weighted by Crippen LogP contribution is 2.25. The Bertz CT molecular complexity index is 780. The van der Waals surface area contributed by atoms with Crippen LogP contribution in [0.2, 0.25) is 5.02 Å². The fourth-order valence-corrected chi connectivity index (χ4v) is 2.08. The molecule has 7 nitrogen and oxygen atoms in total. The van der Waals surface area contributed by atoms with Crippen LogP contribution in [-0.2, 0) is 4.74 Å². The molecule has 0 atom stereocenters. The number of methoxy groups -OCH3 is 1. The SMILES string of the molecule is COC(=O)c1ccc(Cl)c(Nc2nccc(C(=O)NCC(C)C)n2)c1. The highest BCUT2D eigenvalue weighted by molar-refractivity contribution is 6.33. The lowest BCUT2D eigenvalue weighted by molar-refractivity contribution is 0.0600. The Balaban J connectivity index is 2.19.